The van der Waals surface area contributed by atoms with E-state index in [9.17, 15) is 33.9 Å². The van der Waals surface area contributed by atoms with Crippen LogP contribution in [0.1, 0.15) is 66.6 Å². The number of aliphatic carboxylic acids is 1. The summed E-state index contributed by atoms with van der Waals surface area (Å²) < 4.78 is 7.87. The fourth-order valence-electron chi connectivity index (χ4n) is 9.06. The highest BCUT2D eigenvalue weighted by molar-refractivity contribution is 7.98. The molecule has 1 aliphatic carbocycles. The topological polar surface area (TPSA) is 210 Å². The number of amides is 5. The van der Waals surface area contributed by atoms with Gasteiger partial charge in [0.1, 0.15) is 36.3 Å². The molecule has 0 bridgehead atoms. The minimum Gasteiger partial charge on any atom is -0.480 e. The number of carbonyl (C=O) groups excluding carboxylic acids is 5. The molecule has 7 rings (SSSR count). The van der Waals surface area contributed by atoms with Crippen molar-refractivity contribution in [1.29, 1.82) is 0 Å². The van der Waals surface area contributed by atoms with Gasteiger partial charge in [0.25, 0.3) is 0 Å². The Morgan fingerprint density at radius 1 is 0.676 bits per heavy atom. The molecule has 71 heavy (non-hydrogen) atoms. The third-order valence-electron chi connectivity index (χ3n) is 12.6. The van der Waals surface area contributed by atoms with Crippen molar-refractivity contribution in [3.8, 4) is 11.1 Å². The number of hydrogen-bond donors (Lipinski definition) is 6. The summed E-state index contributed by atoms with van der Waals surface area (Å²) in [5.74, 6) is -4.15. The quantitative estimate of drug-likeness (QED) is 0.0421. The van der Waals surface area contributed by atoms with E-state index in [-0.39, 0.29) is 25.4 Å². The number of thioether (sulfide) groups is 1. The monoisotopic (exact) mass is 977 g/mol. The van der Waals surface area contributed by atoms with Crippen molar-refractivity contribution in [3.05, 3.63) is 186 Å². The van der Waals surface area contributed by atoms with Crippen molar-refractivity contribution in [3.63, 3.8) is 0 Å². The molecule has 0 spiro atoms. The van der Waals surface area contributed by atoms with Crippen LogP contribution in [-0.2, 0) is 40.7 Å². The Balaban J connectivity index is 1.10. The molecule has 1 heterocycles. The zero-order chi connectivity index (χ0) is 50.5. The van der Waals surface area contributed by atoms with Gasteiger partial charge in [0.15, 0.2) is 0 Å². The van der Waals surface area contributed by atoms with Crippen LogP contribution in [0.5, 0.6) is 0 Å². The van der Waals surface area contributed by atoms with Crippen LogP contribution >= 0.6 is 11.8 Å². The molecule has 0 saturated heterocycles. The molecule has 6 N–H and O–H groups in total. The molecule has 15 nitrogen and oxygen atoms in total. The summed E-state index contributed by atoms with van der Waals surface area (Å²) in [6.45, 7) is 4.17. The average Bonchev–Trinajstić information content (AvgIpc) is 3.98. The molecule has 0 unspecified atom stereocenters. The molecule has 4 atom stereocenters. The summed E-state index contributed by atoms with van der Waals surface area (Å²) in [6.07, 6.45) is 4.64. The van der Waals surface area contributed by atoms with Crippen LogP contribution < -0.4 is 26.6 Å². The highest BCUT2D eigenvalue weighted by Crippen LogP contribution is 2.45. The Labute approximate surface area is 417 Å². The largest absolute Gasteiger partial charge is 0.480 e. The summed E-state index contributed by atoms with van der Waals surface area (Å²) in [5.41, 5.74) is 6.58. The summed E-state index contributed by atoms with van der Waals surface area (Å²) >= 11 is 1.45. The Morgan fingerprint density at radius 2 is 1.21 bits per heavy atom. The first kappa shape index (κ1) is 51.1. The van der Waals surface area contributed by atoms with Crippen molar-refractivity contribution in [2.45, 2.75) is 69.2 Å². The zero-order valence-corrected chi connectivity index (χ0v) is 40.9. The van der Waals surface area contributed by atoms with E-state index in [2.05, 4.69) is 63.0 Å². The molecule has 0 saturated carbocycles. The summed E-state index contributed by atoms with van der Waals surface area (Å²) in [7, 11) is 0. The smallest absolute Gasteiger partial charge is 0.407 e. The maximum Gasteiger partial charge on any atom is 0.407 e. The number of ether oxygens (including phenoxy) is 1. The lowest BCUT2D eigenvalue weighted by Gasteiger charge is -2.37. The van der Waals surface area contributed by atoms with E-state index in [4.69, 9.17) is 9.72 Å². The molecule has 6 aromatic rings. The average molecular weight is 978 g/mol. The number of fused-ring (bicyclic) bond motifs is 3. The van der Waals surface area contributed by atoms with Gasteiger partial charge in [-0.2, -0.15) is 11.8 Å². The summed E-state index contributed by atoms with van der Waals surface area (Å²) in [5, 5.41) is 22.7. The standard InChI is InChI=1S/C55H59N7O8S/c1-35(2)49(53(67)68)61-52(66)46(28-29-71-4)59-50(64)36(3)58-48(63)31-56-51(65)47(60-54(69)70-33-45-43-26-16-14-24-41(43)42-25-15-17-27-44(42)45)30-40-32-62(34-57-40)55(37-18-8-5-9-19-37,38-20-10-6-11-21-38)39-22-12-7-13-23-39/h5-27,32,34-36,45-47,49H,28-31,33H2,1-4H3,(H,56,65)(H,58,63)(H,59,64)(H,60,69)(H,61,66)(H,67,68)/t36-,46-,47-,49-/m0/s1. The van der Waals surface area contributed by atoms with Gasteiger partial charge in [-0.15, -0.1) is 0 Å². The van der Waals surface area contributed by atoms with E-state index >= 15 is 0 Å². The van der Waals surface area contributed by atoms with Crippen LogP contribution in [0.3, 0.4) is 0 Å². The van der Waals surface area contributed by atoms with Gasteiger partial charge in [-0.1, -0.05) is 153 Å². The Hall–Kier alpha value is -7.72. The van der Waals surface area contributed by atoms with Crippen LogP contribution in [0.15, 0.2) is 152 Å². The van der Waals surface area contributed by atoms with Gasteiger partial charge in [0.2, 0.25) is 23.6 Å². The lowest BCUT2D eigenvalue weighted by atomic mass is 9.77. The Morgan fingerprint density at radius 3 is 1.73 bits per heavy atom. The van der Waals surface area contributed by atoms with Crippen molar-refractivity contribution in [2.75, 3.05) is 25.2 Å². The normalized spacial score (nSPS) is 13.6. The number of benzene rings is 5. The molecular formula is C55H59N7O8S. The molecule has 5 amide bonds. The Kier molecular flexibility index (Phi) is 17.1. The predicted octanol–water partition coefficient (Wildman–Crippen LogP) is 6.26. The molecule has 16 heteroatoms. The van der Waals surface area contributed by atoms with Gasteiger partial charge < -0.3 is 41.0 Å². The third-order valence-corrected chi connectivity index (χ3v) is 13.3. The van der Waals surface area contributed by atoms with E-state index < -0.39 is 77.9 Å². The molecular weight excluding hydrogens is 919 g/mol. The van der Waals surface area contributed by atoms with Crippen LogP contribution in [0, 0.1) is 5.92 Å². The lowest BCUT2D eigenvalue weighted by molar-refractivity contribution is -0.143. The third kappa shape index (κ3) is 12.0. The van der Waals surface area contributed by atoms with Crippen LogP contribution in [0.2, 0.25) is 0 Å². The highest BCUT2D eigenvalue weighted by Gasteiger charge is 2.39. The number of aromatic nitrogens is 2. The molecule has 0 aliphatic heterocycles. The number of nitrogens with one attached hydrogen (secondary N) is 5. The number of rotatable bonds is 22. The van der Waals surface area contributed by atoms with E-state index in [0.717, 1.165) is 38.9 Å². The first-order valence-corrected chi connectivity index (χ1v) is 24.9. The van der Waals surface area contributed by atoms with Gasteiger partial charge in [0, 0.05) is 18.5 Å². The van der Waals surface area contributed by atoms with Crippen molar-refractivity contribution < 1.29 is 38.6 Å². The number of alkyl carbamates (subject to hydrolysis) is 1. The molecule has 1 aromatic heterocycles. The van der Waals surface area contributed by atoms with Crippen LogP contribution in [-0.4, -0.2) is 99.7 Å². The molecule has 1 aliphatic rings. The van der Waals surface area contributed by atoms with Crippen molar-refractivity contribution >= 4 is 47.5 Å². The fourth-order valence-corrected chi connectivity index (χ4v) is 9.53. The van der Waals surface area contributed by atoms with Crippen molar-refractivity contribution in [2.24, 2.45) is 5.92 Å². The van der Waals surface area contributed by atoms with E-state index in [0.29, 0.717) is 11.4 Å². The van der Waals surface area contributed by atoms with E-state index in [1.54, 1.807) is 20.2 Å². The molecule has 368 valence electrons. The van der Waals surface area contributed by atoms with Gasteiger partial charge in [-0.3, -0.25) is 19.2 Å². The van der Waals surface area contributed by atoms with Gasteiger partial charge in [-0.25, -0.2) is 14.6 Å². The maximum absolute atomic E-state index is 14.2. The van der Waals surface area contributed by atoms with Gasteiger partial charge in [0.05, 0.1) is 18.6 Å². The second-order valence-corrected chi connectivity index (χ2v) is 18.7. The maximum atomic E-state index is 14.2. The molecule has 0 fully saturated rings. The van der Waals surface area contributed by atoms with Gasteiger partial charge >= 0.3 is 12.1 Å². The summed E-state index contributed by atoms with van der Waals surface area (Å²) in [6, 6.07) is 41.3. The van der Waals surface area contributed by atoms with Crippen molar-refractivity contribution in [1.82, 2.24) is 36.1 Å². The van der Waals surface area contributed by atoms with E-state index in [1.807, 2.05) is 120 Å². The van der Waals surface area contributed by atoms with E-state index in [1.165, 1.54) is 18.7 Å². The fraction of sp³-hybridized carbons (Fsp3) is 0.291. The number of hydrogen-bond acceptors (Lipinski definition) is 9. The summed E-state index contributed by atoms with van der Waals surface area (Å²) in [4.78, 5) is 84.4. The van der Waals surface area contributed by atoms with Gasteiger partial charge in [-0.05, 0) is 70.2 Å². The number of nitrogens with zero attached hydrogens (tertiary/aromatic N) is 2. The lowest BCUT2D eigenvalue weighted by Crippen LogP contribution is -2.56. The Bertz CT molecular complexity index is 2670. The minimum absolute atomic E-state index is 0.00338. The molecule has 5 aromatic carbocycles. The zero-order valence-electron chi connectivity index (χ0n) is 40.0. The predicted molar refractivity (Wildman–Crippen MR) is 272 cm³/mol. The van der Waals surface area contributed by atoms with Crippen LogP contribution in [0.4, 0.5) is 4.79 Å². The second kappa shape index (κ2) is 23.7. The number of carboxylic acid groups (broad SMARTS) is 1. The minimum atomic E-state index is -1.28. The number of carbonyl (C=O) groups is 6. The first-order chi connectivity index (χ1) is 34.3. The molecule has 0 radical (unpaired) electrons. The highest BCUT2D eigenvalue weighted by atomic mass is 32.2. The SMILES string of the molecule is CSCC[C@H](NC(=O)[C@H](C)NC(=O)CNC(=O)[C@H](Cc1cn(C(c2ccccc2)(c2ccccc2)c2ccccc2)cn1)NC(=O)OCC1c2ccccc2-c2ccccc21)C(=O)N[C@H](C(=O)O)C(C)C. The number of carboxylic acids is 1. The first-order valence-electron chi connectivity index (χ1n) is 23.5. The second-order valence-electron chi connectivity index (χ2n) is 17.7. The van der Waals surface area contributed by atoms with Crippen LogP contribution in [0.25, 0.3) is 11.1 Å². The number of imidazole rings is 1.